The molecule has 1 saturated heterocycles. The van der Waals surface area contributed by atoms with Gasteiger partial charge in [-0.1, -0.05) is 6.92 Å². The summed E-state index contributed by atoms with van der Waals surface area (Å²) in [4.78, 5) is 12.1. The number of nitrogens with zero attached hydrogens (tertiary/aromatic N) is 2. The summed E-state index contributed by atoms with van der Waals surface area (Å²) in [5.74, 6) is 0. The van der Waals surface area contributed by atoms with Gasteiger partial charge in [-0.2, -0.15) is 5.10 Å². The molecule has 106 valence electrons. The molecule has 19 heavy (non-hydrogen) atoms. The van der Waals surface area contributed by atoms with Crippen LogP contribution in [-0.2, 0) is 6.54 Å². The average Bonchev–Trinajstić information content (AvgIpc) is 2.39. The molecule has 0 spiro atoms. The summed E-state index contributed by atoms with van der Waals surface area (Å²) >= 11 is 3.40. The van der Waals surface area contributed by atoms with Crippen LogP contribution in [0, 0.1) is 0 Å². The van der Waals surface area contributed by atoms with Crippen LogP contribution >= 0.6 is 15.9 Å². The van der Waals surface area contributed by atoms with Crippen molar-refractivity contribution in [2.45, 2.75) is 45.2 Å². The number of halogens is 1. The highest BCUT2D eigenvalue weighted by atomic mass is 79.9. The normalized spacial score (nSPS) is 18.3. The van der Waals surface area contributed by atoms with E-state index in [-0.39, 0.29) is 11.1 Å². The Kier molecular flexibility index (Phi) is 4.62. The highest BCUT2D eigenvalue weighted by Gasteiger charge is 2.27. The number of nitrogens with one attached hydrogen (secondary N) is 2. The zero-order chi connectivity index (χ0) is 13.9. The summed E-state index contributed by atoms with van der Waals surface area (Å²) in [6, 6.07) is 0. The van der Waals surface area contributed by atoms with Gasteiger partial charge >= 0.3 is 0 Å². The Morgan fingerprint density at radius 3 is 2.84 bits per heavy atom. The second-order valence-corrected chi connectivity index (χ2v) is 6.13. The Morgan fingerprint density at radius 1 is 1.53 bits per heavy atom. The van der Waals surface area contributed by atoms with Gasteiger partial charge in [-0.15, -0.1) is 0 Å². The molecule has 6 heteroatoms. The molecular weight excluding hydrogens is 308 g/mol. The minimum absolute atomic E-state index is 0.0266. The van der Waals surface area contributed by atoms with Crippen molar-refractivity contribution in [2.75, 3.05) is 18.4 Å². The van der Waals surface area contributed by atoms with Gasteiger partial charge in [-0.3, -0.25) is 4.79 Å². The second-order valence-electron chi connectivity index (χ2n) is 5.34. The lowest BCUT2D eigenvalue weighted by Crippen LogP contribution is -2.45. The SMILES string of the molecule is CCCn1ncc(NC2(C)CCNCC2)c(Br)c1=O. The van der Waals surface area contributed by atoms with Crippen molar-refractivity contribution < 1.29 is 0 Å². The quantitative estimate of drug-likeness (QED) is 0.887. The van der Waals surface area contributed by atoms with E-state index < -0.39 is 0 Å². The zero-order valence-corrected chi connectivity index (χ0v) is 13.1. The van der Waals surface area contributed by atoms with Gasteiger partial charge in [-0.05, 0) is 55.2 Å². The van der Waals surface area contributed by atoms with Crippen LogP contribution < -0.4 is 16.2 Å². The molecule has 0 unspecified atom stereocenters. The first kappa shape index (κ1) is 14.5. The van der Waals surface area contributed by atoms with E-state index >= 15 is 0 Å². The predicted octanol–water partition coefficient (Wildman–Crippen LogP) is 1.97. The standard InChI is InChI=1S/C13H21BrN4O/c1-3-8-18-12(19)11(14)10(9-16-18)17-13(2)4-6-15-7-5-13/h9,15,17H,3-8H2,1-2H3. The van der Waals surface area contributed by atoms with Crippen molar-refractivity contribution in [3.05, 3.63) is 21.0 Å². The smallest absolute Gasteiger partial charge is 0.283 e. The molecule has 1 aromatic rings. The van der Waals surface area contributed by atoms with E-state index in [4.69, 9.17) is 0 Å². The Balaban J connectivity index is 2.21. The lowest BCUT2D eigenvalue weighted by molar-refractivity contribution is 0.364. The predicted molar refractivity (Wildman–Crippen MR) is 80.6 cm³/mol. The fraction of sp³-hybridized carbons (Fsp3) is 0.692. The monoisotopic (exact) mass is 328 g/mol. The molecular formula is C13H21BrN4O. The number of aromatic nitrogens is 2. The molecule has 1 aromatic heterocycles. The van der Waals surface area contributed by atoms with Gasteiger partial charge in [0, 0.05) is 12.1 Å². The maximum Gasteiger partial charge on any atom is 0.283 e. The van der Waals surface area contributed by atoms with E-state index in [9.17, 15) is 4.79 Å². The Hall–Kier alpha value is -0.880. The summed E-state index contributed by atoms with van der Waals surface area (Å²) in [7, 11) is 0. The maximum absolute atomic E-state index is 12.1. The van der Waals surface area contributed by atoms with Gasteiger partial charge in [-0.25, -0.2) is 4.68 Å². The Bertz CT molecular complexity index is 494. The molecule has 1 aliphatic rings. The first-order valence-electron chi connectivity index (χ1n) is 6.80. The van der Waals surface area contributed by atoms with E-state index in [1.54, 1.807) is 6.20 Å². The fourth-order valence-electron chi connectivity index (χ4n) is 2.35. The summed E-state index contributed by atoms with van der Waals surface area (Å²) in [6.07, 6.45) is 4.72. The van der Waals surface area contributed by atoms with Gasteiger partial charge in [0.15, 0.2) is 0 Å². The van der Waals surface area contributed by atoms with Crippen molar-refractivity contribution >= 4 is 21.6 Å². The molecule has 1 fully saturated rings. The van der Waals surface area contributed by atoms with Crippen molar-refractivity contribution in [3.63, 3.8) is 0 Å². The van der Waals surface area contributed by atoms with Crippen LogP contribution in [0.4, 0.5) is 5.69 Å². The highest BCUT2D eigenvalue weighted by Crippen LogP contribution is 2.26. The lowest BCUT2D eigenvalue weighted by Gasteiger charge is -2.36. The molecule has 0 aromatic carbocycles. The van der Waals surface area contributed by atoms with E-state index in [0.29, 0.717) is 11.0 Å². The van der Waals surface area contributed by atoms with E-state index in [1.807, 2.05) is 6.92 Å². The van der Waals surface area contributed by atoms with E-state index in [1.165, 1.54) is 4.68 Å². The van der Waals surface area contributed by atoms with Crippen LogP contribution in [-0.4, -0.2) is 28.4 Å². The first-order valence-corrected chi connectivity index (χ1v) is 7.59. The Morgan fingerprint density at radius 2 is 2.21 bits per heavy atom. The third kappa shape index (κ3) is 3.36. The number of anilines is 1. The number of piperidine rings is 1. The van der Waals surface area contributed by atoms with Gasteiger partial charge in [0.05, 0.1) is 11.9 Å². The number of hydrogen-bond acceptors (Lipinski definition) is 4. The highest BCUT2D eigenvalue weighted by molar-refractivity contribution is 9.10. The molecule has 0 radical (unpaired) electrons. The molecule has 0 bridgehead atoms. The van der Waals surface area contributed by atoms with Crippen LogP contribution in [0.15, 0.2) is 15.5 Å². The van der Waals surface area contributed by atoms with Crippen LogP contribution in [0.3, 0.4) is 0 Å². The van der Waals surface area contributed by atoms with Crippen LogP contribution in [0.1, 0.15) is 33.1 Å². The van der Waals surface area contributed by atoms with Gasteiger partial charge < -0.3 is 10.6 Å². The summed E-state index contributed by atoms with van der Waals surface area (Å²) < 4.78 is 2.08. The summed E-state index contributed by atoms with van der Waals surface area (Å²) in [5, 5.41) is 11.0. The van der Waals surface area contributed by atoms with Crippen LogP contribution in [0.2, 0.25) is 0 Å². The molecule has 1 aliphatic heterocycles. The number of aryl methyl sites for hydroxylation is 1. The summed E-state index contributed by atoms with van der Waals surface area (Å²) in [5.41, 5.74) is 0.755. The minimum Gasteiger partial charge on any atom is -0.377 e. The molecule has 5 nitrogen and oxygen atoms in total. The lowest BCUT2D eigenvalue weighted by atomic mass is 9.90. The van der Waals surface area contributed by atoms with Crippen LogP contribution in [0.25, 0.3) is 0 Å². The molecule has 2 rings (SSSR count). The zero-order valence-electron chi connectivity index (χ0n) is 11.5. The molecule has 2 heterocycles. The summed E-state index contributed by atoms with van der Waals surface area (Å²) in [6.45, 7) is 6.88. The van der Waals surface area contributed by atoms with Gasteiger partial charge in [0.25, 0.3) is 5.56 Å². The Labute approximate surface area is 121 Å². The largest absolute Gasteiger partial charge is 0.377 e. The van der Waals surface area contributed by atoms with Crippen molar-refractivity contribution in [1.82, 2.24) is 15.1 Å². The second kappa shape index (κ2) is 6.05. The van der Waals surface area contributed by atoms with Crippen LogP contribution in [0.5, 0.6) is 0 Å². The number of hydrogen-bond donors (Lipinski definition) is 2. The van der Waals surface area contributed by atoms with E-state index in [0.717, 1.165) is 38.0 Å². The molecule has 2 N–H and O–H groups in total. The topological polar surface area (TPSA) is 59.0 Å². The minimum atomic E-state index is -0.0654. The number of rotatable bonds is 4. The average molecular weight is 329 g/mol. The third-order valence-electron chi connectivity index (χ3n) is 3.56. The third-order valence-corrected chi connectivity index (χ3v) is 4.33. The van der Waals surface area contributed by atoms with Crippen molar-refractivity contribution in [3.8, 4) is 0 Å². The maximum atomic E-state index is 12.1. The molecule has 0 atom stereocenters. The first-order chi connectivity index (χ1) is 9.06. The van der Waals surface area contributed by atoms with Gasteiger partial charge in [0.2, 0.25) is 0 Å². The molecule has 0 aliphatic carbocycles. The van der Waals surface area contributed by atoms with Gasteiger partial charge in [0.1, 0.15) is 4.47 Å². The van der Waals surface area contributed by atoms with E-state index in [2.05, 4.69) is 38.6 Å². The van der Waals surface area contributed by atoms with Crippen molar-refractivity contribution in [2.24, 2.45) is 0 Å². The molecule has 0 amide bonds. The fourth-order valence-corrected chi connectivity index (χ4v) is 2.76. The van der Waals surface area contributed by atoms with Crippen molar-refractivity contribution in [1.29, 1.82) is 0 Å². The molecule has 0 saturated carbocycles.